The van der Waals surface area contributed by atoms with E-state index in [1.807, 2.05) is 24.3 Å². The van der Waals surface area contributed by atoms with Crippen LogP contribution >= 0.6 is 0 Å². The Bertz CT molecular complexity index is 411. The smallest absolute Gasteiger partial charge is 0.234 e. The zero-order valence-corrected chi connectivity index (χ0v) is 12.2. The topological polar surface area (TPSA) is 50.4 Å². The third-order valence-electron chi connectivity index (χ3n) is 3.74. The van der Waals surface area contributed by atoms with Crippen molar-refractivity contribution in [1.82, 2.24) is 10.6 Å². The van der Waals surface area contributed by atoms with Crippen molar-refractivity contribution in [1.29, 1.82) is 0 Å². The largest absolute Gasteiger partial charge is 0.497 e. The first-order valence-corrected chi connectivity index (χ1v) is 7.41. The highest BCUT2D eigenvalue weighted by atomic mass is 16.5. The van der Waals surface area contributed by atoms with Gasteiger partial charge in [-0.25, -0.2) is 0 Å². The molecule has 1 aromatic rings. The number of methoxy groups -OCH3 is 1. The molecule has 1 aliphatic rings. The lowest BCUT2D eigenvalue weighted by molar-refractivity contribution is -0.121. The second kappa shape index (κ2) is 7.90. The number of carbonyl (C=O) groups excluding carboxylic acids is 1. The summed E-state index contributed by atoms with van der Waals surface area (Å²) in [6.45, 7) is 1.07. The Morgan fingerprint density at radius 3 is 2.55 bits per heavy atom. The number of benzene rings is 1. The lowest BCUT2D eigenvalue weighted by Crippen LogP contribution is -2.41. The molecule has 1 saturated carbocycles. The normalized spacial score (nSPS) is 15.8. The van der Waals surface area contributed by atoms with E-state index in [0.717, 1.165) is 24.2 Å². The number of hydrogen-bond acceptors (Lipinski definition) is 3. The van der Waals surface area contributed by atoms with Gasteiger partial charge in [-0.05, 0) is 30.5 Å². The summed E-state index contributed by atoms with van der Waals surface area (Å²) in [4.78, 5) is 11.8. The molecule has 20 heavy (non-hydrogen) atoms. The molecule has 0 heterocycles. The van der Waals surface area contributed by atoms with E-state index in [-0.39, 0.29) is 5.91 Å². The van der Waals surface area contributed by atoms with E-state index in [1.54, 1.807) is 7.11 Å². The average Bonchev–Trinajstić information content (AvgIpc) is 2.49. The summed E-state index contributed by atoms with van der Waals surface area (Å²) >= 11 is 0. The van der Waals surface area contributed by atoms with Crippen molar-refractivity contribution in [2.24, 2.45) is 0 Å². The van der Waals surface area contributed by atoms with Gasteiger partial charge in [-0.1, -0.05) is 31.4 Å². The van der Waals surface area contributed by atoms with E-state index < -0.39 is 0 Å². The fourth-order valence-electron chi connectivity index (χ4n) is 2.59. The van der Waals surface area contributed by atoms with Crippen molar-refractivity contribution in [3.63, 3.8) is 0 Å². The molecule has 0 radical (unpaired) electrons. The minimum Gasteiger partial charge on any atom is -0.497 e. The minimum atomic E-state index is 0.102. The Morgan fingerprint density at radius 1 is 1.20 bits per heavy atom. The highest BCUT2D eigenvalue weighted by Gasteiger charge is 2.15. The Balaban J connectivity index is 1.65. The molecule has 0 spiro atoms. The number of hydrogen-bond donors (Lipinski definition) is 2. The van der Waals surface area contributed by atoms with Crippen LogP contribution in [0.25, 0.3) is 0 Å². The average molecular weight is 276 g/mol. The number of amides is 1. The van der Waals surface area contributed by atoms with Gasteiger partial charge in [0.1, 0.15) is 5.75 Å². The summed E-state index contributed by atoms with van der Waals surface area (Å²) in [6, 6.07) is 8.26. The maximum absolute atomic E-state index is 11.8. The molecule has 4 nitrogen and oxygen atoms in total. The lowest BCUT2D eigenvalue weighted by atomic mass is 9.95. The Morgan fingerprint density at radius 2 is 1.90 bits per heavy atom. The van der Waals surface area contributed by atoms with E-state index in [4.69, 9.17) is 4.74 Å². The maximum Gasteiger partial charge on any atom is 0.234 e. The van der Waals surface area contributed by atoms with Gasteiger partial charge in [0.25, 0.3) is 0 Å². The number of rotatable bonds is 6. The van der Waals surface area contributed by atoms with E-state index in [0.29, 0.717) is 19.1 Å². The van der Waals surface area contributed by atoms with Gasteiger partial charge in [0, 0.05) is 12.6 Å². The molecular formula is C16H24N2O2. The van der Waals surface area contributed by atoms with Crippen LogP contribution in [-0.4, -0.2) is 25.6 Å². The minimum absolute atomic E-state index is 0.102. The van der Waals surface area contributed by atoms with Crippen LogP contribution in [0.5, 0.6) is 5.75 Å². The first-order valence-electron chi connectivity index (χ1n) is 7.41. The van der Waals surface area contributed by atoms with Crippen molar-refractivity contribution >= 4 is 5.91 Å². The van der Waals surface area contributed by atoms with Crippen LogP contribution in [0.15, 0.2) is 24.3 Å². The quantitative estimate of drug-likeness (QED) is 0.837. The molecule has 1 aliphatic carbocycles. The molecule has 2 N–H and O–H groups in total. The predicted molar refractivity (Wildman–Crippen MR) is 79.7 cm³/mol. The van der Waals surface area contributed by atoms with Crippen LogP contribution in [0.1, 0.15) is 37.7 Å². The van der Waals surface area contributed by atoms with Gasteiger partial charge in [-0.15, -0.1) is 0 Å². The fraction of sp³-hybridized carbons (Fsp3) is 0.562. The van der Waals surface area contributed by atoms with Crippen LogP contribution in [0.4, 0.5) is 0 Å². The molecule has 0 unspecified atom stereocenters. The predicted octanol–water partition coefficient (Wildman–Crippen LogP) is 2.23. The van der Waals surface area contributed by atoms with Gasteiger partial charge in [-0.3, -0.25) is 4.79 Å². The van der Waals surface area contributed by atoms with Crippen LogP contribution in [-0.2, 0) is 11.3 Å². The van der Waals surface area contributed by atoms with Gasteiger partial charge < -0.3 is 15.4 Å². The van der Waals surface area contributed by atoms with E-state index in [2.05, 4.69) is 10.6 Å². The van der Waals surface area contributed by atoms with E-state index in [9.17, 15) is 4.79 Å². The first-order chi connectivity index (χ1) is 9.78. The molecule has 1 aromatic carbocycles. The van der Waals surface area contributed by atoms with E-state index >= 15 is 0 Å². The summed E-state index contributed by atoms with van der Waals surface area (Å²) < 4.78 is 5.11. The van der Waals surface area contributed by atoms with Crippen molar-refractivity contribution in [2.45, 2.75) is 44.7 Å². The SMILES string of the molecule is COc1ccc(CNCC(=O)NC2CCCCC2)cc1. The molecule has 0 saturated heterocycles. The van der Waals surface area contributed by atoms with Crippen molar-refractivity contribution < 1.29 is 9.53 Å². The standard InChI is InChI=1S/C16H24N2O2/c1-20-15-9-7-13(8-10-15)11-17-12-16(19)18-14-5-3-2-4-6-14/h7-10,14,17H,2-6,11-12H2,1H3,(H,18,19). The molecule has 4 heteroatoms. The van der Waals surface area contributed by atoms with E-state index in [1.165, 1.54) is 19.3 Å². The molecule has 0 aliphatic heterocycles. The molecule has 0 bridgehead atoms. The van der Waals surface area contributed by atoms with Gasteiger partial charge in [0.15, 0.2) is 0 Å². The highest BCUT2D eigenvalue weighted by molar-refractivity contribution is 5.78. The summed E-state index contributed by atoms with van der Waals surface area (Å²) in [5, 5.41) is 6.28. The summed E-state index contributed by atoms with van der Waals surface area (Å²) in [7, 11) is 1.66. The summed E-state index contributed by atoms with van der Waals surface area (Å²) in [5.41, 5.74) is 1.15. The van der Waals surface area contributed by atoms with Gasteiger partial charge >= 0.3 is 0 Å². The summed E-state index contributed by atoms with van der Waals surface area (Å²) in [6.07, 6.45) is 6.05. The van der Waals surface area contributed by atoms with Crippen molar-refractivity contribution in [3.05, 3.63) is 29.8 Å². The third-order valence-corrected chi connectivity index (χ3v) is 3.74. The van der Waals surface area contributed by atoms with Crippen molar-refractivity contribution in [2.75, 3.05) is 13.7 Å². The number of nitrogens with one attached hydrogen (secondary N) is 2. The Labute approximate surface area is 120 Å². The summed E-state index contributed by atoms with van der Waals surface area (Å²) in [5.74, 6) is 0.953. The number of carbonyl (C=O) groups is 1. The van der Waals surface area contributed by atoms with Crippen LogP contribution < -0.4 is 15.4 Å². The zero-order valence-electron chi connectivity index (χ0n) is 12.2. The molecule has 110 valence electrons. The van der Waals surface area contributed by atoms with Crippen LogP contribution in [0, 0.1) is 0 Å². The number of ether oxygens (including phenoxy) is 1. The van der Waals surface area contributed by atoms with Gasteiger partial charge in [0.05, 0.1) is 13.7 Å². The lowest BCUT2D eigenvalue weighted by Gasteiger charge is -2.22. The Kier molecular flexibility index (Phi) is 5.87. The molecule has 1 fully saturated rings. The molecule has 0 aromatic heterocycles. The highest BCUT2D eigenvalue weighted by Crippen LogP contribution is 2.17. The zero-order chi connectivity index (χ0) is 14.2. The van der Waals surface area contributed by atoms with Crippen LogP contribution in [0.2, 0.25) is 0 Å². The van der Waals surface area contributed by atoms with Crippen LogP contribution in [0.3, 0.4) is 0 Å². The molecule has 2 rings (SSSR count). The van der Waals surface area contributed by atoms with Gasteiger partial charge in [0.2, 0.25) is 5.91 Å². The van der Waals surface area contributed by atoms with Crippen molar-refractivity contribution in [3.8, 4) is 5.75 Å². The molecule has 0 atom stereocenters. The second-order valence-electron chi connectivity index (χ2n) is 5.35. The molecule has 1 amide bonds. The maximum atomic E-state index is 11.8. The molecular weight excluding hydrogens is 252 g/mol. The fourth-order valence-corrected chi connectivity index (χ4v) is 2.59. The first kappa shape index (κ1) is 14.9. The third kappa shape index (κ3) is 4.85. The second-order valence-corrected chi connectivity index (χ2v) is 5.35. The monoisotopic (exact) mass is 276 g/mol. The Hall–Kier alpha value is -1.55. The van der Waals surface area contributed by atoms with Gasteiger partial charge in [-0.2, -0.15) is 0 Å².